The van der Waals surface area contributed by atoms with Crippen LogP contribution < -0.4 is 10.2 Å². The Balaban J connectivity index is 2.57. The number of carbonyl (C=O) groups is 1. The number of amides is 1. The number of nitrogens with one attached hydrogen (secondary N) is 1. The molecule has 18 heavy (non-hydrogen) atoms. The molecule has 1 N–H and O–H groups in total. The van der Waals surface area contributed by atoms with Gasteiger partial charge in [0.15, 0.2) is 0 Å². The number of hydrogen-bond acceptors (Lipinski definition) is 3. The van der Waals surface area contributed by atoms with Crippen molar-refractivity contribution in [1.82, 2.24) is 5.48 Å². The van der Waals surface area contributed by atoms with E-state index in [-0.39, 0.29) is 17.2 Å². The van der Waals surface area contributed by atoms with Crippen molar-refractivity contribution < 1.29 is 23.1 Å². The fourth-order valence-corrected chi connectivity index (χ4v) is 1.15. The minimum Gasteiger partial charge on any atom is -0.435 e. The predicted molar refractivity (Wildman–Crippen MR) is 61.3 cm³/mol. The van der Waals surface area contributed by atoms with Crippen molar-refractivity contribution in [2.45, 2.75) is 20.5 Å². The van der Waals surface area contributed by atoms with Crippen LogP contribution in [0.4, 0.5) is 8.78 Å². The molecule has 0 aliphatic heterocycles. The molecule has 4 nitrogen and oxygen atoms in total. The maximum atomic E-state index is 12.0. The van der Waals surface area contributed by atoms with Gasteiger partial charge in [0.1, 0.15) is 5.75 Å². The first kappa shape index (κ1) is 14.4. The molecule has 0 fully saturated rings. The van der Waals surface area contributed by atoms with E-state index in [1.54, 1.807) is 0 Å². The summed E-state index contributed by atoms with van der Waals surface area (Å²) in [6.07, 6.45) is 0. The summed E-state index contributed by atoms with van der Waals surface area (Å²) in [5, 5.41) is 0. The number of halogens is 2. The number of hydrogen-bond donors (Lipinski definition) is 1. The van der Waals surface area contributed by atoms with E-state index in [0.717, 1.165) is 0 Å². The average molecular weight is 259 g/mol. The van der Waals surface area contributed by atoms with E-state index in [9.17, 15) is 13.6 Å². The predicted octanol–water partition coefficient (Wildman–Crippen LogP) is 2.61. The van der Waals surface area contributed by atoms with E-state index in [4.69, 9.17) is 4.84 Å². The topological polar surface area (TPSA) is 47.6 Å². The zero-order chi connectivity index (χ0) is 13.5. The molecular formula is C12H15F2NO3. The van der Waals surface area contributed by atoms with Gasteiger partial charge in [0.25, 0.3) is 5.91 Å². The third kappa shape index (κ3) is 5.09. The largest absolute Gasteiger partial charge is 0.435 e. The van der Waals surface area contributed by atoms with Crippen LogP contribution in [0.1, 0.15) is 24.2 Å². The molecule has 0 bridgehead atoms. The molecule has 0 saturated heterocycles. The molecule has 0 saturated carbocycles. The Kier molecular flexibility index (Phi) is 5.51. The van der Waals surface area contributed by atoms with Gasteiger partial charge in [-0.05, 0) is 24.1 Å². The molecule has 1 amide bonds. The monoisotopic (exact) mass is 259 g/mol. The van der Waals surface area contributed by atoms with Gasteiger partial charge >= 0.3 is 6.61 Å². The lowest BCUT2D eigenvalue weighted by Crippen LogP contribution is -2.25. The van der Waals surface area contributed by atoms with Gasteiger partial charge in [-0.2, -0.15) is 8.78 Å². The van der Waals surface area contributed by atoms with Crippen LogP contribution in [0.3, 0.4) is 0 Å². The Bertz CT molecular complexity index is 397. The zero-order valence-corrected chi connectivity index (χ0v) is 10.2. The second-order valence-electron chi connectivity index (χ2n) is 4.04. The van der Waals surface area contributed by atoms with E-state index in [1.165, 1.54) is 24.3 Å². The Morgan fingerprint density at radius 2 is 2.11 bits per heavy atom. The van der Waals surface area contributed by atoms with E-state index < -0.39 is 12.5 Å². The molecule has 0 spiro atoms. The van der Waals surface area contributed by atoms with Crippen LogP contribution >= 0.6 is 0 Å². The van der Waals surface area contributed by atoms with Crippen LogP contribution in [-0.4, -0.2) is 19.1 Å². The highest BCUT2D eigenvalue weighted by atomic mass is 19.3. The van der Waals surface area contributed by atoms with Gasteiger partial charge in [-0.15, -0.1) is 0 Å². The minimum atomic E-state index is -2.92. The first-order valence-electron chi connectivity index (χ1n) is 5.46. The van der Waals surface area contributed by atoms with Crippen molar-refractivity contribution >= 4 is 5.91 Å². The highest BCUT2D eigenvalue weighted by Crippen LogP contribution is 2.15. The van der Waals surface area contributed by atoms with Crippen molar-refractivity contribution in [2.75, 3.05) is 6.61 Å². The Morgan fingerprint density at radius 1 is 1.39 bits per heavy atom. The summed E-state index contributed by atoms with van der Waals surface area (Å²) in [5.74, 6) is -0.296. The van der Waals surface area contributed by atoms with E-state index in [1.807, 2.05) is 13.8 Å². The lowest BCUT2D eigenvalue weighted by molar-refractivity contribution is -0.0499. The molecule has 1 rings (SSSR count). The highest BCUT2D eigenvalue weighted by Gasteiger charge is 2.09. The third-order valence-electron chi connectivity index (χ3n) is 1.90. The molecule has 0 radical (unpaired) electrons. The molecule has 6 heteroatoms. The first-order valence-corrected chi connectivity index (χ1v) is 5.46. The maximum absolute atomic E-state index is 12.0. The standard InChI is InChI=1S/C12H15F2NO3/c1-8(2)7-17-15-11(16)9-4-3-5-10(6-9)18-12(13)14/h3-6,8,12H,7H2,1-2H3,(H,15,16). The Labute approximate surface area is 104 Å². The van der Waals surface area contributed by atoms with Crippen LogP contribution in [-0.2, 0) is 4.84 Å². The summed E-state index contributed by atoms with van der Waals surface area (Å²) in [6.45, 7) is 1.33. The molecular weight excluding hydrogens is 244 g/mol. The normalized spacial score (nSPS) is 10.8. The molecule has 1 aromatic rings. The van der Waals surface area contributed by atoms with Gasteiger partial charge in [-0.1, -0.05) is 19.9 Å². The van der Waals surface area contributed by atoms with Crippen LogP contribution in [0, 0.1) is 5.92 Å². The number of ether oxygens (including phenoxy) is 1. The van der Waals surface area contributed by atoms with Crippen LogP contribution in [0.15, 0.2) is 24.3 Å². The van der Waals surface area contributed by atoms with Crippen molar-refractivity contribution in [3.05, 3.63) is 29.8 Å². The van der Waals surface area contributed by atoms with Gasteiger partial charge in [0, 0.05) is 5.56 Å². The molecule has 100 valence electrons. The van der Waals surface area contributed by atoms with Crippen LogP contribution in [0.25, 0.3) is 0 Å². The minimum absolute atomic E-state index is 0.0680. The average Bonchev–Trinajstić information content (AvgIpc) is 2.27. The summed E-state index contributed by atoms with van der Waals surface area (Å²) in [5.41, 5.74) is 2.42. The number of benzene rings is 1. The van der Waals surface area contributed by atoms with Crippen molar-refractivity contribution in [1.29, 1.82) is 0 Å². The molecule has 0 heterocycles. The van der Waals surface area contributed by atoms with Crippen LogP contribution in [0.2, 0.25) is 0 Å². The summed E-state index contributed by atoms with van der Waals surface area (Å²) in [6, 6.07) is 5.50. The summed E-state index contributed by atoms with van der Waals surface area (Å²) in [4.78, 5) is 16.5. The van der Waals surface area contributed by atoms with E-state index >= 15 is 0 Å². The highest BCUT2D eigenvalue weighted by molar-refractivity contribution is 5.93. The van der Waals surface area contributed by atoms with Crippen molar-refractivity contribution in [3.63, 3.8) is 0 Å². The Morgan fingerprint density at radius 3 is 2.72 bits per heavy atom. The number of rotatable bonds is 6. The number of alkyl halides is 2. The Hall–Kier alpha value is -1.69. The fraction of sp³-hybridized carbons (Fsp3) is 0.417. The molecule has 0 aliphatic carbocycles. The maximum Gasteiger partial charge on any atom is 0.387 e. The number of carbonyl (C=O) groups excluding carboxylic acids is 1. The zero-order valence-electron chi connectivity index (χ0n) is 10.2. The first-order chi connectivity index (χ1) is 8.49. The van der Waals surface area contributed by atoms with Gasteiger partial charge in [-0.25, -0.2) is 5.48 Å². The van der Waals surface area contributed by atoms with Gasteiger partial charge in [-0.3, -0.25) is 9.63 Å². The van der Waals surface area contributed by atoms with Crippen LogP contribution in [0.5, 0.6) is 5.75 Å². The number of hydroxylamine groups is 1. The molecule has 1 aromatic carbocycles. The van der Waals surface area contributed by atoms with E-state index in [0.29, 0.717) is 6.61 Å². The lowest BCUT2D eigenvalue weighted by Gasteiger charge is -2.09. The van der Waals surface area contributed by atoms with Crippen molar-refractivity contribution in [3.8, 4) is 5.75 Å². The smallest absolute Gasteiger partial charge is 0.387 e. The van der Waals surface area contributed by atoms with E-state index in [2.05, 4.69) is 10.2 Å². The van der Waals surface area contributed by atoms with Gasteiger partial charge in [0.05, 0.1) is 6.61 Å². The second-order valence-corrected chi connectivity index (χ2v) is 4.04. The fourth-order valence-electron chi connectivity index (χ4n) is 1.15. The summed E-state index contributed by atoms with van der Waals surface area (Å²) in [7, 11) is 0. The molecule has 0 aliphatic rings. The van der Waals surface area contributed by atoms with Crippen molar-refractivity contribution in [2.24, 2.45) is 5.92 Å². The third-order valence-corrected chi connectivity index (χ3v) is 1.90. The SMILES string of the molecule is CC(C)CONC(=O)c1cccc(OC(F)F)c1. The summed E-state index contributed by atoms with van der Waals surface area (Å²) < 4.78 is 28.2. The second kappa shape index (κ2) is 6.90. The quantitative estimate of drug-likeness (QED) is 0.799. The molecule has 0 atom stereocenters. The lowest BCUT2D eigenvalue weighted by atomic mass is 10.2. The molecule has 0 unspecified atom stereocenters. The summed E-state index contributed by atoms with van der Waals surface area (Å²) >= 11 is 0. The van der Waals surface area contributed by atoms with Gasteiger partial charge < -0.3 is 4.74 Å². The molecule has 0 aromatic heterocycles. The van der Waals surface area contributed by atoms with Gasteiger partial charge in [0.2, 0.25) is 0 Å².